The van der Waals surface area contributed by atoms with Crippen LogP contribution in [0.1, 0.15) is 26.3 Å². The van der Waals surface area contributed by atoms with E-state index in [-0.39, 0.29) is 5.41 Å². The van der Waals surface area contributed by atoms with Crippen molar-refractivity contribution in [3.05, 3.63) is 23.1 Å². The third kappa shape index (κ3) is 1.38. The molecule has 0 atom stereocenters. The van der Waals surface area contributed by atoms with Crippen molar-refractivity contribution < 1.29 is 0 Å². The molecule has 0 spiro atoms. The van der Waals surface area contributed by atoms with Gasteiger partial charge >= 0.3 is 0 Å². The summed E-state index contributed by atoms with van der Waals surface area (Å²) in [5.74, 6) is 0. The van der Waals surface area contributed by atoms with Crippen molar-refractivity contribution in [2.45, 2.75) is 26.2 Å². The van der Waals surface area contributed by atoms with Gasteiger partial charge in [-0.1, -0.05) is 26.8 Å². The molecule has 2 nitrogen and oxygen atoms in total. The van der Waals surface area contributed by atoms with Gasteiger partial charge in [0, 0.05) is 10.8 Å². The second-order valence-electron chi connectivity index (χ2n) is 4.53. The summed E-state index contributed by atoms with van der Waals surface area (Å²) >= 11 is 1.47. The number of anilines is 1. The molecule has 0 saturated heterocycles. The lowest BCUT2D eigenvalue weighted by Gasteiger charge is -2.20. The van der Waals surface area contributed by atoms with Gasteiger partial charge in [-0.2, -0.15) is 4.37 Å². The highest BCUT2D eigenvalue weighted by molar-refractivity contribution is 7.04. The Bertz CT molecular complexity index is 466. The largest absolute Gasteiger partial charge is 0.397 e. The molecule has 0 bridgehead atoms. The van der Waals surface area contributed by atoms with Crippen LogP contribution in [0.25, 0.3) is 10.9 Å². The first-order valence-electron chi connectivity index (χ1n) is 4.63. The Kier molecular flexibility index (Phi) is 2.00. The van der Waals surface area contributed by atoms with Crippen LogP contribution in [0, 0.1) is 0 Å². The predicted octanol–water partition coefficient (Wildman–Crippen LogP) is 3.18. The van der Waals surface area contributed by atoms with Crippen LogP contribution in [-0.2, 0) is 5.41 Å². The summed E-state index contributed by atoms with van der Waals surface area (Å²) in [5.41, 5.74) is 9.04. The van der Waals surface area contributed by atoms with Crippen LogP contribution >= 0.6 is 11.5 Å². The van der Waals surface area contributed by atoms with E-state index in [9.17, 15) is 0 Å². The molecule has 0 fully saturated rings. The minimum atomic E-state index is 0.148. The molecule has 2 N–H and O–H groups in total. The molecule has 14 heavy (non-hydrogen) atoms. The highest BCUT2D eigenvalue weighted by Crippen LogP contribution is 2.33. The molecule has 2 rings (SSSR count). The second-order valence-corrected chi connectivity index (χ2v) is 5.16. The van der Waals surface area contributed by atoms with E-state index in [1.807, 2.05) is 6.07 Å². The molecule has 0 unspecified atom stereocenters. The summed E-state index contributed by atoms with van der Waals surface area (Å²) in [5, 5.41) is 3.27. The van der Waals surface area contributed by atoms with Crippen LogP contribution in [0.5, 0.6) is 0 Å². The number of nitrogens with zero attached hydrogens (tertiary/aromatic N) is 1. The van der Waals surface area contributed by atoms with Gasteiger partial charge in [0.1, 0.15) is 5.52 Å². The third-order valence-corrected chi connectivity index (χ3v) is 3.00. The van der Waals surface area contributed by atoms with Crippen LogP contribution in [0.15, 0.2) is 17.5 Å². The van der Waals surface area contributed by atoms with Crippen LogP contribution < -0.4 is 5.73 Å². The van der Waals surface area contributed by atoms with Gasteiger partial charge in [0.2, 0.25) is 0 Å². The molecule has 0 aliphatic heterocycles. The minimum absolute atomic E-state index is 0.148. The van der Waals surface area contributed by atoms with Crippen molar-refractivity contribution in [3.63, 3.8) is 0 Å². The lowest BCUT2D eigenvalue weighted by atomic mass is 9.85. The molecular formula is C11H14N2S. The van der Waals surface area contributed by atoms with Gasteiger partial charge in [0.15, 0.2) is 0 Å². The molecule has 74 valence electrons. The second kappa shape index (κ2) is 2.95. The number of nitrogen functional groups attached to an aromatic ring is 1. The zero-order valence-corrected chi connectivity index (χ0v) is 9.48. The molecule has 1 heterocycles. The number of rotatable bonds is 0. The SMILES string of the molecule is CC(C)(C)c1ccc(N)c2nscc12. The molecule has 2 aromatic rings. The van der Waals surface area contributed by atoms with Crippen LogP contribution in [0.4, 0.5) is 5.69 Å². The first kappa shape index (κ1) is 9.46. The Balaban J connectivity index is 2.80. The lowest BCUT2D eigenvalue weighted by molar-refractivity contribution is 0.596. The highest BCUT2D eigenvalue weighted by Gasteiger charge is 2.18. The molecule has 0 aliphatic rings. The molecule has 0 saturated carbocycles. The van der Waals surface area contributed by atoms with Crippen LogP contribution in [0.3, 0.4) is 0 Å². The normalized spacial score (nSPS) is 12.2. The van der Waals surface area contributed by atoms with Crippen molar-refractivity contribution in [1.29, 1.82) is 0 Å². The van der Waals surface area contributed by atoms with E-state index in [2.05, 4.69) is 36.6 Å². The van der Waals surface area contributed by atoms with E-state index in [0.717, 1.165) is 11.2 Å². The summed E-state index contributed by atoms with van der Waals surface area (Å²) in [7, 11) is 0. The van der Waals surface area contributed by atoms with Crippen molar-refractivity contribution in [1.82, 2.24) is 4.37 Å². The lowest BCUT2D eigenvalue weighted by Crippen LogP contribution is -2.11. The van der Waals surface area contributed by atoms with Crippen molar-refractivity contribution in [3.8, 4) is 0 Å². The molecule has 0 amide bonds. The number of nitrogens with two attached hydrogens (primary N) is 1. The fourth-order valence-electron chi connectivity index (χ4n) is 1.63. The number of aromatic nitrogens is 1. The van der Waals surface area contributed by atoms with E-state index < -0.39 is 0 Å². The van der Waals surface area contributed by atoms with Crippen LogP contribution in [-0.4, -0.2) is 4.37 Å². The molecule has 0 aliphatic carbocycles. The predicted molar refractivity (Wildman–Crippen MR) is 62.7 cm³/mol. The van der Waals surface area contributed by atoms with Gasteiger partial charge in [0.05, 0.1) is 5.69 Å². The molecule has 1 aromatic carbocycles. The molecule has 0 radical (unpaired) electrons. The first-order chi connectivity index (χ1) is 6.50. The summed E-state index contributed by atoms with van der Waals surface area (Å²) in [6.07, 6.45) is 0. The van der Waals surface area contributed by atoms with Gasteiger partial charge in [-0.3, -0.25) is 0 Å². The van der Waals surface area contributed by atoms with Gasteiger partial charge in [-0.15, -0.1) is 0 Å². The monoisotopic (exact) mass is 206 g/mol. The number of benzene rings is 1. The number of hydrogen-bond acceptors (Lipinski definition) is 3. The molecule has 1 aromatic heterocycles. The topological polar surface area (TPSA) is 38.9 Å². The smallest absolute Gasteiger partial charge is 0.107 e. The maximum atomic E-state index is 5.86. The fourth-order valence-corrected chi connectivity index (χ4v) is 2.34. The van der Waals surface area contributed by atoms with E-state index in [0.29, 0.717) is 0 Å². The average Bonchev–Trinajstić information content (AvgIpc) is 2.50. The van der Waals surface area contributed by atoms with Crippen molar-refractivity contribution >= 4 is 28.1 Å². The van der Waals surface area contributed by atoms with E-state index in [1.54, 1.807) is 0 Å². The Morgan fingerprint density at radius 3 is 2.64 bits per heavy atom. The zero-order valence-electron chi connectivity index (χ0n) is 8.66. The molecular weight excluding hydrogens is 192 g/mol. The summed E-state index contributed by atoms with van der Waals surface area (Å²) in [6.45, 7) is 6.61. The van der Waals surface area contributed by atoms with E-state index in [4.69, 9.17) is 5.73 Å². The van der Waals surface area contributed by atoms with Crippen LogP contribution in [0.2, 0.25) is 0 Å². The van der Waals surface area contributed by atoms with Gasteiger partial charge in [0.25, 0.3) is 0 Å². The minimum Gasteiger partial charge on any atom is -0.397 e. The van der Waals surface area contributed by atoms with E-state index >= 15 is 0 Å². The summed E-state index contributed by atoms with van der Waals surface area (Å²) in [6, 6.07) is 4.05. The van der Waals surface area contributed by atoms with Crippen molar-refractivity contribution in [2.24, 2.45) is 0 Å². The Morgan fingerprint density at radius 1 is 1.29 bits per heavy atom. The fraction of sp³-hybridized carbons (Fsp3) is 0.364. The van der Waals surface area contributed by atoms with E-state index in [1.165, 1.54) is 22.5 Å². The standard InChI is InChI=1S/C11H14N2S/c1-11(2,3)8-4-5-9(12)10-7(8)6-14-13-10/h4-6H,12H2,1-3H3. The first-order valence-corrected chi connectivity index (χ1v) is 5.47. The average molecular weight is 206 g/mol. The maximum Gasteiger partial charge on any atom is 0.107 e. The van der Waals surface area contributed by atoms with Gasteiger partial charge in [-0.25, -0.2) is 0 Å². The van der Waals surface area contributed by atoms with Crippen molar-refractivity contribution in [2.75, 3.05) is 5.73 Å². The Hall–Kier alpha value is -1.09. The maximum absolute atomic E-state index is 5.86. The summed E-state index contributed by atoms with van der Waals surface area (Å²) < 4.78 is 4.31. The number of hydrogen-bond donors (Lipinski definition) is 1. The van der Waals surface area contributed by atoms with Gasteiger partial charge < -0.3 is 5.73 Å². The Labute approximate surface area is 87.9 Å². The highest BCUT2D eigenvalue weighted by atomic mass is 32.1. The Morgan fingerprint density at radius 2 is 2.00 bits per heavy atom. The van der Waals surface area contributed by atoms with Gasteiger partial charge in [-0.05, 0) is 28.6 Å². The third-order valence-electron chi connectivity index (χ3n) is 2.37. The number of fused-ring (bicyclic) bond motifs is 1. The molecule has 3 heteroatoms. The summed E-state index contributed by atoms with van der Waals surface area (Å²) in [4.78, 5) is 0. The zero-order chi connectivity index (χ0) is 10.3. The quantitative estimate of drug-likeness (QED) is 0.672.